The summed E-state index contributed by atoms with van der Waals surface area (Å²) in [6.07, 6.45) is 0.359. The molecule has 7 heteroatoms. The third-order valence-corrected chi connectivity index (χ3v) is 3.84. The van der Waals surface area contributed by atoms with E-state index in [1.54, 1.807) is 6.92 Å². The smallest absolute Gasteiger partial charge is 0.343 e. The summed E-state index contributed by atoms with van der Waals surface area (Å²) in [6.45, 7) is 1.73. The number of carbonyl (C=O) groups is 1. The zero-order valence-electron chi connectivity index (χ0n) is 12.6. The normalized spacial score (nSPS) is 19.7. The Morgan fingerprint density at radius 3 is 2.70 bits per heavy atom. The summed E-state index contributed by atoms with van der Waals surface area (Å²) in [5.41, 5.74) is -0.646. The van der Waals surface area contributed by atoms with Crippen LogP contribution in [0, 0.1) is 5.82 Å². The molecule has 0 aliphatic heterocycles. The van der Waals surface area contributed by atoms with Crippen molar-refractivity contribution in [3.05, 3.63) is 39.9 Å². The van der Waals surface area contributed by atoms with Gasteiger partial charge in [0.25, 0.3) is 0 Å². The van der Waals surface area contributed by atoms with Crippen LogP contribution in [0.5, 0.6) is 5.75 Å². The fourth-order valence-electron chi connectivity index (χ4n) is 2.64. The Morgan fingerprint density at radius 1 is 1.43 bits per heavy atom. The molecule has 0 saturated heterocycles. The summed E-state index contributed by atoms with van der Waals surface area (Å²) in [5, 5.41) is 0.0907. The molecule has 2 aromatic rings. The highest BCUT2D eigenvalue weighted by molar-refractivity contribution is 5.95. The van der Waals surface area contributed by atoms with E-state index < -0.39 is 29.4 Å². The Labute approximate surface area is 130 Å². The average molecular weight is 323 g/mol. The first-order valence-electron chi connectivity index (χ1n) is 7.22. The molecule has 1 saturated carbocycles. The molecular formula is C16H15F2NO4. The van der Waals surface area contributed by atoms with Crippen molar-refractivity contribution in [3.63, 3.8) is 0 Å². The maximum Gasteiger partial charge on any atom is 0.343 e. The second-order valence-corrected chi connectivity index (χ2v) is 5.30. The first-order chi connectivity index (χ1) is 11.0. The molecule has 1 heterocycles. The van der Waals surface area contributed by atoms with E-state index in [4.69, 9.17) is 9.47 Å². The molecule has 1 aliphatic rings. The van der Waals surface area contributed by atoms with Crippen molar-refractivity contribution in [2.24, 2.45) is 0 Å². The van der Waals surface area contributed by atoms with Gasteiger partial charge in [0.1, 0.15) is 11.7 Å². The number of alkyl halides is 1. The molecule has 0 bridgehead atoms. The summed E-state index contributed by atoms with van der Waals surface area (Å²) in [4.78, 5) is 24.5. The Kier molecular flexibility index (Phi) is 3.79. The van der Waals surface area contributed by atoms with Crippen LogP contribution in [0.3, 0.4) is 0 Å². The minimum Gasteiger partial charge on any atom is -0.492 e. The lowest BCUT2D eigenvalue weighted by Crippen LogP contribution is -2.21. The first kappa shape index (κ1) is 15.5. The van der Waals surface area contributed by atoms with Crippen molar-refractivity contribution in [2.45, 2.75) is 25.6 Å². The summed E-state index contributed by atoms with van der Waals surface area (Å²) in [6, 6.07) is 1.80. The van der Waals surface area contributed by atoms with Crippen molar-refractivity contribution in [1.82, 2.24) is 4.57 Å². The number of rotatable bonds is 4. The highest BCUT2D eigenvalue weighted by atomic mass is 19.1. The summed E-state index contributed by atoms with van der Waals surface area (Å²) in [7, 11) is 1.27. The molecule has 0 spiro atoms. The van der Waals surface area contributed by atoms with Gasteiger partial charge in [-0.1, -0.05) is 0 Å². The van der Waals surface area contributed by atoms with E-state index in [1.807, 2.05) is 0 Å². The topological polar surface area (TPSA) is 57.5 Å². The van der Waals surface area contributed by atoms with Gasteiger partial charge in [0.15, 0.2) is 11.6 Å². The summed E-state index contributed by atoms with van der Waals surface area (Å²) in [5.74, 6) is -1.59. The second kappa shape index (κ2) is 5.64. The number of pyridine rings is 1. The number of fused-ring (bicyclic) bond motifs is 1. The molecule has 3 rings (SSSR count). The van der Waals surface area contributed by atoms with Crippen molar-refractivity contribution in [3.8, 4) is 5.75 Å². The van der Waals surface area contributed by atoms with Gasteiger partial charge in [-0.2, -0.15) is 0 Å². The van der Waals surface area contributed by atoms with Crippen LogP contribution in [0.4, 0.5) is 8.78 Å². The van der Waals surface area contributed by atoms with E-state index in [0.29, 0.717) is 0 Å². The van der Waals surface area contributed by atoms with Crippen LogP contribution < -0.4 is 10.2 Å². The number of hydrogen-bond acceptors (Lipinski definition) is 4. The highest BCUT2D eigenvalue weighted by Gasteiger charge is 2.40. The SMILES string of the molecule is CCOC(=O)c1cn([C@@H]2C[C@@H]2F)c2c(OC)c(F)ccc2c1=O. The summed E-state index contributed by atoms with van der Waals surface area (Å²) < 4.78 is 38.8. The molecule has 122 valence electrons. The minimum absolute atomic E-state index is 0.0907. The standard InChI is InChI=1S/C16H15F2NO4/c1-3-23-16(21)9-7-19(12-6-11(12)18)13-8(14(9)20)4-5-10(17)15(13)22-2/h4-5,7,11-12H,3,6H2,1-2H3/t11-,12+/m0/s1. The van der Waals surface area contributed by atoms with Gasteiger partial charge in [0, 0.05) is 12.6 Å². The van der Waals surface area contributed by atoms with Crippen LogP contribution in [0.25, 0.3) is 10.9 Å². The molecule has 1 aromatic heterocycles. The molecule has 2 atom stereocenters. The van der Waals surface area contributed by atoms with E-state index in [9.17, 15) is 18.4 Å². The van der Waals surface area contributed by atoms with E-state index in [1.165, 1.54) is 23.9 Å². The lowest BCUT2D eigenvalue weighted by Gasteiger charge is -2.15. The van der Waals surface area contributed by atoms with Crippen LogP contribution in [-0.2, 0) is 4.74 Å². The molecule has 5 nitrogen and oxygen atoms in total. The van der Waals surface area contributed by atoms with Gasteiger partial charge in [0.05, 0.1) is 30.7 Å². The van der Waals surface area contributed by atoms with E-state index in [0.717, 1.165) is 6.07 Å². The molecule has 1 fully saturated rings. The zero-order chi connectivity index (χ0) is 16.7. The second-order valence-electron chi connectivity index (χ2n) is 5.30. The number of carbonyl (C=O) groups excluding carboxylic acids is 1. The first-order valence-corrected chi connectivity index (χ1v) is 7.22. The fraction of sp³-hybridized carbons (Fsp3) is 0.375. The predicted octanol–water partition coefficient (Wildman–Crippen LogP) is 2.61. The number of methoxy groups -OCH3 is 1. The zero-order valence-corrected chi connectivity index (χ0v) is 12.6. The van der Waals surface area contributed by atoms with Gasteiger partial charge in [-0.15, -0.1) is 0 Å². The molecule has 0 unspecified atom stereocenters. The lowest BCUT2D eigenvalue weighted by molar-refractivity contribution is 0.0524. The largest absolute Gasteiger partial charge is 0.492 e. The molecule has 0 amide bonds. The van der Waals surface area contributed by atoms with Gasteiger partial charge in [-0.25, -0.2) is 13.6 Å². The van der Waals surface area contributed by atoms with Gasteiger partial charge < -0.3 is 14.0 Å². The highest BCUT2D eigenvalue weighted by Crippen LogP contribution is 2.42. The number of aromatic nitrogens is 1. The number of benzene rings is 1. The minimum atomic E-state index is -1.11. The van der Waals surface area contributed by atoms with Crippen molar-refractivity contribution < 1.29 is 23.0 Å². The molecule has 23 heavy (non-hydrogen) atoms. The monoisotopic (exact) mass is 323 g/mol. The average Bonchev–Trinajstić information content (AvgIpc) is 3.24. The fourth-order valence-corrected chi connectivity index (χ4v) is 2.64. The van der Waals surface area contributed by atoms with Crippen LogP contribution >= 0.6 is 0 Å². The summed E-state index contributed by atoms with van der Waals surface area (Å²) >= 11 is 0. The molecule has 1 aliphatic carbocycles. The van der Waals surface area contributed by atoms with Crippen molar-refractivity contribution in [2.75, 3.05) is 13.7 Å². The number of halogens is 2. The van der Waals surface area contributed by atoms with E-state index >= 15 is 0 Å². The van der Waals surface area contributed by atoms with Gasteiger partial charge in [-0.05, 0) is 19.1 Å². The Bertz CT molecular complexity index is 846. The van der Waals surface area contributed by atoms with Crippen LogP contribution in [-0.4, -0.2) is 30.4 Å². The maximum atomic E-state index is 14.0. The van der Waals surface area contributed by atoms with E-state index in [-0.39, 0.29) is 35.2 Å². The number of ether oxygens (including phenoxy) is 2. The number of esters is 1. The van der Waals surface area contributed by atoms with E-state index in [2.05, 4.69) is 0 Å². The van der Waals surface area contributed by atoms with Crippen molar-refractivity contribution >= 4 is 16.9 Å². The third kappa shape index (κ3) is 2.46. The number of nitrogens with zero attached hydrogens (tertiary/aromatic N) is 1. The van der Waals surface area contributed by atoms with Gasteiger partial charge >= 0.3 is 5.97 Å². The van der Waals surface area contributed by atoms with Gasteiger partial charge in [-0.3, -0.25) is 4.79 Å². The van der Waals surface area contributed by atoms with Gasteiger partial charge in [0.2, 0.25) is 5.43 Å². The number of hydrogen-bond donors (Lipinski definition) is 0. The molecule has 1 aromatic carbocycles. The lowest BCUT2D eigenvalue weighted by atomic mass is 10.1. The quantitative estimate of drug-likeness (QED) is 0.812. The molecule has 0 N–H and O–H groups in total. The van der Waals surface area contributed by atoms with Crippen LogP contribution in [0.15, 0.2) is 23.1 Å². The van der Waals surface area contributed by atoms with Crippen molar-refractivity contribution in [1.29, 1.82) is 0 Å². The maximum absolute atomic E-state index is 14.0. The Balaban J connectivity index is 2.35. The predicted molar refractivity (Wildman–Crippen MR) is 79.2 cm³/mol. The Hall–Kier alpha value is -2.44. The third-order valence-electron chi connectivity index (χ3n) is 3.84. The molecular weight excluding hydrogens is 308 g/mol. The Morgan fingerprint density at radius 2 is 2.13 bits per heavy atom. The van der Waals surface area contributed by atoms with Crippen LogP contribution in [0.2, 0.25) is 0 Å². The van der Waals surface area contributed by atoms with Crippen LogP contribution in [0.1, 0.15) is 29.7 Å². The molecule has 0 radical (unpaired) electrons.